The first-order valence-corrected chi connectivity index (χ1v) is 5.05. The molecule has 0 aliphatic carbocycles. The minimum atomic E-state index is -0.183. The molecule has 0 aliphatic heterocycles. The highest BCUT2D eigenvalue weighted by Crippen LogP contribution is 2.04. The Morgan fingerprint density at radius 3 is 2.15 bits per heavy atom. The molecule has 0 bridgehead atoms. The van der Waals surface area contributed by atoms with Gasteiger partial charge in [-0.3, -0.25) is 0 Å². The third-order valence-corrected chi connectivity index (χ3v) is 1.79. The van der Waals surface area contributed by atoms with Gasteiger partial charge in [-0.2, -0.15) is 0 Å². The molecule has 1 aromatic rings. The molecule has 0 heterocycles. The summed E-state index contributed by atoms with van der Waals surface area (Å²) in [5.74, 6) is 0. The van der Waals surface area contributed by atoms with Crippen molar-refractivity contribution >= 4 is 0 Å². The molecule has 0 amide bonds. The predicted molar refractivity (Wildman–Crippen MR) is 57.8 cm³/mol. The maximum Gasteiger partial charge on any atom is 0.0577 e. The van der Waals surface area contributed by atoms with Gasteiger partial charge in [-0.25, -0.2) is 0 Å². The lowest BCUT2D eigenvalue weighted by Gasteiger charge is -2.06. The first-order chi connectivity index (χ1) is 6.33. The molecule has 13 heavy (non-hydrogen) atoms. The summed E-state index contributed by atoms with van der Waals surface area (Å²) in [5, 5.41) is 9.31. The highest BCUT2D eigenvalue weighted by Gasteiger charge is 2.00. The largest absolute Gasteiger partial charge is 0.393 e. The fourth-order valence-electron chi connectivity index (χ4n) is 1.03. The molecule has 1 unspecified atom stereocenters. The Bertz CT molecular complexity index is 194. The fourth-order valence-corrected chi connectivity index (χ4v) is 1.03. The molecule has 0 saturated heterocycles. The Morgan fingerprint density at radius 2 is 1.69 bits per heavy atom. The van der Waals surface area contributed by atoms with Crippen LogP contribution in [0.1, 0.15) is 32.8 Å². The first kappa shape index (κ1) is 12.2. The summed E-state index contributed by atoms with van der Waals surface area (Å²) in [4.78, 5) is 0. The molecule has 1 aromatic carbocycles. The number of benzene rings is 1. The van der Waals surface area contributed by atoms with E-state index < -0.39 is 0 Å². The minimum absolute atomic E-state index is 0.183. The molecule has 1 heteroatoms. The summed E-state index contributed by atoms with van der Waals surface area (Å²) in [6, 6.07) is 10.1. The van der Waals surface area contributed by atoms with Gasteiger partial charge in [0.25, 0.3) is 0 Å². The summed E-state index contributed by atoms with van der Waals surface area (Å²) in [7, 11) is 0. The van der Waals surface area contributed by atoms with Crippen LogP contribution >= 0.6 is 0 Å². The summed E-state index contributed by atoms with van der Waals surface area (Å²) < 4.78 is 0. The van der Waals surface area contributed by atoms with Crippen LogP contribution < -0.4 is 0 Å². The zero-order chi connectivity index (χ0) is 10.1. The van der Waals surface area contributed by atoms with Crippen LogP contribution in [-0.2, 0) is 6.42 Å². The average Bonchev–Trinajstić information content (AvgIpc) is 2.22. The van der Waals surface area contributed by atoms with Crippen LogP contribution in [0.5, 0.6) is 0 Å². The van der Waals surface area contributed by atoms with E-state index in [9.17, 15) is 5.11 Å². The standard InChI is InChI=1S/C10H14O.C2H6/c1-2-10(11)8-9-6-4-3-5-7-9;1-2/h3-7,10-11H,2,8H2,1H3;1-2H3. The molecule has 0 aliphatic rings. The van der Waals surface area contributed by atoms with E-state index in [1.165, 1.54) is 5.56 Å². The van der Waals surface area contributed by atoms with Crippen LogP contribution in [0.25, 0.3) is 0 Å². The molecular formula is C12H20O. The third kappa shape index (κ3) is 5.42. The summed E-state index contributed by atoms with van der Waals surface area (Å²) in [5.41, 5.74) is 1.21. The smallest absolute Gasteiger partial charge is 0.0577 e. The van der Waals surface area contributed by atoms with Gasteiger partial charge in [0.05, 0.1) is 6.10 Å². The van der Waals surface area contributed by atoms with Gasteiger partial charge < -0.3 is 5.11 Å². The Labute approximate surface area is 81.4 Å². The van der Waals surface area contributed by atoms with Crippen LogP contribution in [0, 0.1) is 0 Å². The molecule has 1 atom stereocenters. The molecule has 0 aromatic heterocycles. The molecule has 74 valence electrons. The lowest BCUT2D eigenvalue weighted by Crippen LogP contribution is -2.07. The van der Waals surface area contributed by atoms with Crippen LogP contribution in [-0.4, -0.2) is 11.2 Å². The topological polar surface area (TPSA) is 20.2 Å². The van der Waals surface area contributed by atoms with Crippen molar-refractivity contribution in [1.29, 1.82) is 0 Å². The van der Waals surface area contributed by atoms with Gasteiger partial charge in [0.1, 0.15) is 0 Å². The predicted octanol–water partition coefficient (Wildman–Crippen LogP) is 3.03. The van der Waals surface area contributed by atoms with Crippen molar-refractivity contribution < 1.29 is 5.11 Å². The van der Waals surface area contributed by atoms with Crippen molar-refractivity contribution in [2.24, 2.45) is 0 Å². The van der Waals surface area contributed by atoms with E-state index in [2.05, 4.69) is 0 Å². The van der Waals surface area contributed by atoms with Gasteiger partial charge in [-0.05, 0) is 18.4 Å². The number of hydrogen-bond donors (Lipinski definition) is 1. The Hall–Kier alpha value is -0.820. The van der Waals surface area contributed by atoms with E-state index in [1.807, 2.05) is 51.1 Å². The van der Waals surface area contributed by atoms with E-state index in [0.717, 1.165) is 12.8 Å². The molecule has 0 radical (unpaired) electrons. The van der Waals surface area contributed by atoms with E-state index in [0.29, 0.717) is 0 Å². The van der Waals surface area contributed by atoms with Gasteiger partial charge in [-0.15, -0.1) is 0 Å². The molecule has 1 N–H and O–H groups in total. The Balaban J connectivity index is 0.000000671. The summed E-state index contributed by atoms with van der Waals surface area (Å²) in [6.45, 7) is 5.99. The molecular weight excluding hydrogens is 160 g/mol. The average molecular weight is 180 g/mol. The SMILES string of the molecule is CC.CCC(O)Cc1ccccc1. The van der Waals surface area contributed by atoms with Crippen molar-refractivity contribution in [2.75, 3.05) is 0 Å². The van der Waals surface area contributed by atoms with Crippen molar-refractivity contribution in [3.63, 3.8) is 0 Å². The van der Waals surface area contributed by atoms with E-state index in [1.54, 1.807) is 0 Å². The monoisotopic (exact) mass is 180 g/mol. The molecule has 0 saturated carbocycles. The van der Waals surface area contributed by atoms with Gasteiger partial charge in [-0.1, -0.05) is 51.1 Å². The second-order valence-corrected chi connectivity index (χ2v) is 2.75. The zero-order valence-corrected chi connectivity index (χ0v) is 8.83. The van der Waals surface area contributed by atoms with E-state index >= 15 is 0 Å². The fraction of sp³-hybridized carbons (Fsp3) is 0.500. The number of hydrogen-bond acceptors (Lipinski definition) is 1. The third-order valence-electron chi connectivity index (χ3n) is 1.79. The molecule has 1 rings (SSSR count). The Kier molecular flexibility index (Phi) is 7.32. The number of aliphatic hydroxyl groups excluding tert-OH is 1. The normalized spacial score (nSPS) is 11.4. The van der Waals surface area contributed by atoms with Crippen molar-refractivity contribution in [3.8, 4) is 0 Å². The van der Waals surface area contributed by atoms with Crippen molar-refractivity contribution in [3.05, 3.63) is 35.9 Å². The molecule has 0 spiro atoms. The summed E-state index contributed by atoms with van der Waals surface area (Å²) in [6.07, 6.45) is 1.42. The second-order valence-electron chi connectivity index (χ2n) is 2.75. The van der Waals surface area contributed by atoms with Gasteiger partial charge in [0.15, 0.2) is 0 Å². The highest BCUT2D eigenvalue weighted by atomic mass is 16.3. The van der Waals surface area contributed by atoms with Gasteiger partial charge >= 0.3 is 0 Å². The molecule has 0 fully saturated rings. The van der Waals surface area contributed by atoms with Crippen LogP contribution in [0.3, 0.4) is 0 Å². The van der Waals surface area contributed by atoms with Crippen LogP contribution in [0.15, 0.2) is 30.3 Å². The second kappa shape index (κ2) is 7.81. The van der Waals surface area contributed by atoms with Gasteiger partial charge in [0.2, 0.25) is 0 Å². The zero-order valence-electron chi connectivity index (χ0n) is 8.83. The van der Waals surface area contributed by atoms with Crippen molar-refractivity contribution in [1.82, 2.24) is 0 Å². The minimum Gasteiger partial charge on any atom is -0.393 e. The molecule has 1 nitrogen and oxygen atoms in total. The Morgan fingerprint density at radius 1 is 1.15 bits per heavy atom. The van der Waals surface area contributed by atoms with Crippen LogP contribution in [0.4, 0.5) is 0 Å². The van der Waals surface area contributed by atoms with Crippen molar-refractivity contribution in [2.45, 2.75) is 39.7 Å². The lowest BCUT2D eigenvalue weighted by atomic mass is 10.1. The van der Waals surface area contributed by atoms with E-state index in [-0.39, 0.29) is 6.10 Å². The number of rotatable bonds is 3. The van der Waals surface area contributed by atoms with Crippen LogP contribution in [0.2, 0.25) is 0 Å². The summed E-state index contributed by atoms with van der Waals surface area (Å²) >= 11 is 0. The maximum absolute atomic E-state index is 9.31. The highest BCUT2D eigenvalue weighted by molar-refractivity contribution is 5.15. The maximum atomic E-state index is 9.31. The lowest BCUT2D eigenvalue weighted by molar-refractivity contribution is 0.171. The van der Waals surface area contributed by atoms with Gasteiger partial charge in [0, 0.05) is 0 Å². The quantitative estimate of drug-likeness (QED) is 0.758. The first-order valence-electron chi connectivity index (χ1n) is 5.05. The van der Waals surface area contributed by atoms with E-state index in [4.69, 9.17) is 0 Å². The number of aliphatic hydroxyl groups is 1.